The molecule has 22 heavy (non-hydrogen) atoms. The summed E-state index contributed by atoms with van der Waals surface area (Å²) in [4.78, 5) is 12.8. The largest absolute Gasteiger partial charge is 0.384 e. The molecular formula is C14H13Cl2N5S. The highest BCUT2D eigenvalue weighted by atomic mass is 35.5. The summed E-state index contributed by atoms with van der Waals surface area (Å²) in [5.41, 5.74) is 7.58. The van der Waals surface area contributed by atoms with Crippen LogP contribution >= 0.6 is 35.0 Å². The van der Waals surface area contributed by atoms with Crippen LogP contribution in [0.2, 0.25) is 10.2 Å². The van der Waals surface area contributed by atoms with E-state index in [9.17, 15) is 0 Å². The van der Waals surface area contributed by atoms with Crippen molar-refractivity contribution in [1.29, 1.82) is 0 Å². The Balaban J connectivity index is 1.91. The molecule has 3 aromatic rings. The number of aromatic nitrogens is 4. The van der Waals surface area contributed by atoms with E-state index in [1.807, 2.05) is 37.0 Å². The van der Waals surface area contributed by atoms with Gasteiger partial charge in [0.15, 0.2) is 5.16 Å². The molecule has 0 radical (unpaired) electrons. The van der Waals surface area contributed by atoms with E-state index >= 15 is 0 Å². The van der Waals surface area contributed by atoms with E-state index in [2.05, 4.69) is 15.0 Å². The van der Waals surface area contributed by atoms with Crippen LogP contribution in [0.5, 0.6) is 0 Å². The van der Waals surface area contributed by atoms with Gasteiger partial charge in [-0.15, -0.1) is 0 Å². The molecule has 2 N–H and O–H groups in total. The Morgan fingerprint density at radius 3 is 2.77 bits per heavy atom. The second kappa shape index (κ2) is 5.95. The minimum Gasteiger partial charge on any atom is -0.384 e. The lowest BCUT2D eigenvalue weighted by molar-refractivity contribution is 0.939. The molecule has 0 aliphatic carbocycles. The summed E-state index contributed by atoms with van der Waals surface area (Å²) in [6, 6.07) is 3.51. The first-order valence-corrected chi connectivity index (χ1v) is 8.15. The number of thioether (sulfide) groups is 1. The van der Waals surface area contributed by atoms with E-state index in [-0.39, 0.29) is 5.25 Å². The van der Waals surface area contributed by atoms with Gasteiger partial charge in [0.1, 0.15) is 11.0 Å². The lowest BCUT2D eigenvalue weighted by Crippen LogP contribution is -1.98. The average molecular weight is 354 g/mol. The van der Waals surface area contributed by atoms with Gasteiger partial charge in [0.2, 0.25) is 0 Å². The zero-order valence-electron chi connectivity index (χ0n) is 11.9. The zero-order chi connectivity index (χ0) is 15.9. The number of rotatable bonds is 3. The third-order valence-electron chi connectivity index (χ3n) is 3.24. The van der Waals surface area contributed by atoms with Crippen LogP contribution in [0.4, 0.5) is 5.82 Å². The van der Waals surface area contributed by atoms with Crippen molar-refractivity contribution in [2.45, 2.75) is 17.3 Å². The van der Waals surface area contributed by atoms with Gasteiger partial charge in [0, 0.05) is 24.7 Å². The average Bonchev–Trinajstić information content (AvgIpc) is 2.72. The first kappa shape index (κ1) is 15.4. The summed E-state index contributed by atoms with van der Waals surface area (Å²) in [6.45, 7) is 2.02. The van der Waals surface area contributed by atoms with Gasteiger partial charge >= 0.3 is 0 Å². The second-order valence-electron chi connectivity index (χ2n) is 4.87. The summed E-state index contributed by atoms with van der Waals surface area (Å²) < 4.78 is 1.95. The normalized spacial score (nSPS) is 12.7. The predicted octanol–water partition coefficient (Wildman–Crippen LogP) is 4.11. The molecule has 0 aliphatic heterocycles. The monoisotopic (exact) mass is 353 g/mol. The Hall–Kier alpha value is -1.50. The molecule has 1 atom stereocenters. The van der Waals surface area contributed by atoms with Crippen molar-refractivity contribution in [1.82, 2.24) is 19.5 Å². The molecule has 3 rings (SSSR count). The first-order chi connectivity index (χ1) is 10.4. The fourth-order valence-electron chi connectivity index (χ4n) is 2.15. The maximum Gasteiger partial charge on any atom is 0.191 e. The number of anilines is 1. The van der Waals surface area contributed by atoms with Crippen molar-refractivity contribution in [2.75, 3.05) is 5.73 Å². The summed E-state index contributed by atoms with van der Waals surface area (Å²) >= 11 is 13.6. The molecule has 0 amide bonds. The van der Waals surface area contributed by atoms with Gasteiger partial charge in [-0.1, -0.05) is 35.0 Å². The van der Waals surface area contributed by atoms with Crippen LogP contribution in [0, 0.1) is 0 Å². The number of nitrogen functional groups attached to an aromatic ring is 1. The van der Waals surface area contributed by atoms with Crippen LogP contribution in [-0.2, 0) is 7.05 Å². The van der Waals surface area contributed by atoms with Gasteiger partial charge in [-0.05, 0) is 13.0 Å². The van der Waals surface area contributed by atoms with Gasteiger partial charge in [-0.3, -0.25) is 4.98 Å². The van der Waals surface area contributed by atoms with Crippen molar-refractivity contribution in [3.63, 3.8) is 0 Å². The van der Waals surface area contributed by atoms with Crippen LogP contribution in [-0.4, -0.2) is 19.5 Å². The Bertz CT molecular complexity index is 828. The molecule has 1 unspecified atom stereocenters. The van der Waals surface area contributed by atoms with Crippen LogP contribution < -0.4 is 5.73 Å². The fraction of sp³-hybridized carbons (Fsp3) is 0.214. The minimum absolute atomic E-state index is 0.0403. The van der Waals surface area contributed by atoms with Gasteiger partial charge in [0.05, 0.1) is 27.7 Å². The number of nitrogens with two attached hydrogens (primary N) is 1. The molecular weight excluding hydrogens is 341 g/mol. The van der Waals surface area contributed by atoms with E-state index < -0.39 is 0 Å². The molecule has 0 aliphatic rings. The number of halogens is 2. The molecule has 0 aromatic carbocycles. The number of aryl methyl sites for hydroxylation is 1. The lowest BCUT2D eigenvalue weighted by Gasteiger charge is -2.10. The number of fused-ring (bicyclic) bond motifs is 1. The number of hydrogen-bond acceptors (Lipinski definition) is 5. The molecule has 0 saturated heterocycles. The molecule has 0 fully saturated rings. The Morgan fingerprint density at radius 2 is 2.05 bits per heavy atom. The highest BCUT2D eigenvalue weighted by Gasteiger charge is 2.14. The van der Waals surface area contributed by atoms with Crippen LogP contribution in [0.15, 0.2) is 29.7 Å². The minimum atomic E-state index is 0.0403. The summed E-state index contributed by atoms with van der Waals surface area (Å²) in [6.07, 6.45) is 3.69. The van der Waals surface area contributed by atoms with E-state index in [1.54, 1.807) is 0 Å². The number of nitrogens with zero attached hydrogens (tertiary/aromatic N) is 4. The molecule has 0 spiro atoms. The van der Waals surface area contributed by atoms with Gasteiger partial charge in [0.25, 0.3) is 0 Å². The predicted molar refractivity (Wildman–Crippen MR) is 91.5 cm³/mol. The summed E-state index contributed by atoms with van der Waals surface area (Å²) in [7, 11) is 1.94. The third-order valence-corrected chi connectivity index (χ3v) is 4.72. The van der Waals surface area contributed by atoms with Crippen molar-refractivity contribution in [3.8, 4) is 0 Å². The molecule has 114 valence electrons. The molecule has 5 nitrogen and oxygen atoms in total. The summed E-state index contributed by atoms with van der Waals surface area (Å²) in [5.74, 6) is 0.351. The molecule has 0 bridgehead atoms. The quantitative estimate of drug-likeness (QED) is 0.436. The summed E-state index contributed by atoms with van der Waals surface area (Å²) in [5, 5.41) is 2.59. The highest BCUT2D eigenvalue weighted by molar-refractivity contribution is 7.99. The Morgan fingerprint density at radius 1 is 1.27 bits per heavy atom. The van der Waals surface area contributed by atoms with Crippen molar-refractivity contribution < 1.29 is 0 Å². The topological polar surface area (TPSA) is 69.6 Å². The van der Waals surface area contributed by atoms with Crippen LogP contribution in [0.1, 0.15) is 17.9 Å². The van der Waals surface area contributed by atoms with Crippen molar-refractivity contribution >= 4 is 51.7 Å². The smallest absolute Gasteiger partial charge is 0.191 e. The molecule has 0 saturated carbocycles. The van der Waals surface area contributed by atoms with E-state index in [4.69, 9.17) is 28.9 Å². The third kappa shape index (κ3) is 2.99. The molecule has 8 heteroatoms. The highest BCUT2D eigenvalue weighted by Crippen LogP contribution is 2.35. The Kier molecular flexibility index (Phi) is 4.16. The van der Waals surface area contributed by atoms with Gasteiger partial charge in [-0.25, -0.2) is 9.97 Å². The van der Waals surface area contributed by atoms with E-state index in [0.29, 0.717) is 21.2 Å². The van der Waals surface area contributed by atoms with Crippen LogP contribution in [0.25, 0.3) is 10.9 Å². The standard InChI is InChI=1S/C14H13Cl2N5S/c1-7(22-14-19-12(16)4-13(17)20-14)10-3-8-9(15)6-21(2)11(8)5-18-10/h3-7H,1-2H3,(H2,17,19,20). The van der Waals surface area contributed by atoms with E-state index in [1.165, 1.54) is 17.8 Å². The maximum atomic E-state index is 6.24. The second-order valence-corrected chi connectivity index (χ2v) is 6.97. The van der Waals surface area contributed by atoms with Gasteiger partial charge in [-0.2, -0.15) is 0 Å². The first-order valence-electron chi connectivity index (χ1n) is 6.51. The van der Waals surface area contributed by atoms with E-state index in [0.717, 1.165) is 16.6 Å². The van der Waals surface area contributed by atoms with Crippen LogP contribution in [0.3, 0.4) is 0 Å². The maximum absolute atomic E-state index is 6.24. The molecule has 3 heterocycles. The number of pyridine rings is 1. The zero-order valence-corrected chi connectivity index (χ0v) is 14.2. The van der Waals surface area contributed by atoms with Crippen molar-refractivity contribution in [3.05, 3.63) is 40.4 Å². The van der Waals surface area contributed by atoms with Crippen molar-refractivity contribution in [2.24, 2.45) is 7.05 Å². The SMILES string of the molecule is CC(Sc1nc(N)cc(Cl)n1)c1cc2c(Cl)cn(C)c2cn1. The fourth-order valence-corrected chi connectivity index (χ4v) is 3.57. The molecule has 3 aromatic heterocycles. The lowest BCUT2D eigenvalue weighted by atomic mass is 10.2. The van der Waals surface area contributed by atoms with Gasteiger partial charge < -0.3 is 10.3 Å². The number of hydrogen-bond donors (Lipinski definition) is 1. The Labute approximate surface area is 141 Å².